The van der Waals surface area contributed by atoms with Crippen molar-refractivity contribution in [3.05, 3.63) is 0 Å². The molecule has 1 atom stereocenters. The van der Waals surface area contributed by atoms with Gasteiger partial charge < -0.3 is 20.1 Å². The van der Waals surface area contributed by atoms with Crippen LogP contribution >= 0.6 is 0 Å². The molecule has 1 heterocycles. The fourth-order valence-corrected chi connectivity index (χ4v) is 3.46. The van der Waals surface area contributed by atoms with E-state index in [0.717, 1.165) is 57.6 Å². The summed E-state index contributed by atoms with van der Waals surface area (Å²) in [5.41, 5.74) is 0. The van der Waals surface area contributed by atoms with Crippen LogP contribution in [0.15, 0.2) is 4.99 Å². The molecule has 1 aliphatic carbocycles. The molecular weight excluding hydrogens is 290 g/mol. The summed E-state index contributed by atoms with van der Waals surface area (Å²) < 4.78 is 11.2. The minimum atomic E-state index is 0.331. The molecule has 0 aromatic carbocycles. The summed E-state index contributed by atoms with van der Waals surface area (Å²) >= 11 is 0. The molecule has 1 aliphatic heterocycles. The molecule has 1 saturated carbocycles. The Morgan fingerprint density at radius 1 is 1.09 bits per heavy atom. The van der Waals surface area contributed by atoms with E-state index >= 15 is 0 Å². The summed E-state index contributed by atoms with van der Waals surface area (Å²) in [6, 6.07) is 0. The van der Waals surface area contributed by atoms with Crippen molar-refractivity contribution in [3.63, 3.8) is 0 Å². The van der Waals surface area contributed by atoms with Crippen molar-refractivity contribution in [2.45, 2.75) is 63.9 Å². The van der Waals surface area contributed by atoms with Gasteiger partial charge in [0.1, 0.15) is 0 Å². The second-order valence-corrected chi connectivity index (χ2v) is 6.78. The minimum Gasteiger partial charge on any atom is -0.379 e. The lowest BCUT2D eigenvalue weighted by atomic mass is 9.87. The van der Waals surface area contributed by atoms with Crippen LogP contribution in [0.3, 0.4) is 0 Å². The van der Waals surface area contributed by atoms with Crippen molar-refractivity contribution in [2.75, 3.05) is 40.0 Å². The third kappa shape index (κ3) is 8.02. The van der Waals surface area contributed by atoms with Crippen LogP contribution in [0, 0.1) is 5.92 Å². The highest BCUT2D eigenvalue weighted by Crippen LogP contribution is 2.25. The number of hydrogen-bond acceptors (Lipinski definition) is 3. The van der Waals surface area contributed by atoms with Gasteiger partial charge in [0.15, 0.2) is 5.96 Å². The SMILES string of the molecule is CN=C(NCCCOCC1CCCO1)NCCC1CCCCC1. The maximum Gasteiger partial charge on any atom is 0.190 e. The number of aliphatic imine (C=N–C) groups is 1. The maximum absolute atomic E-state index is 5.67. The van der Waals surface area contributed by atoms with Crippen molar-refractivity contribution in [3.8, 4) is 0 Å². The molecule has 0 aromatic rings. The van der Waals surface area contributed by atoms with E-state index < -0.39 is 0 Å². The highest BCUT2D eigenvalue weighted by atomic mass is 16.5. The summed E-state index contributed by atoms with van der Waals surface area (Å²) in [6.07, 6.45) is 12.0. The van der Waals surface area contributed by atoms with E-state index in [1.807, 2.05) is 7.05 Å². The van der Waals surface area contributed by atoms with Gasteiger partial charge >= 0.3 is 0 Å². The Bertz CT molecular complexity index is 324. The Labute approximate surface area is 141 Å². The molecule has 2 N–H and O–H groups in total. The number of hydrogen-bond donors (Lipinski definition) is 2. The lowest BCUT2D eigenvalue weighted by Gasteiger charge is -2.22. The van der Waals surface area contributed by atoms with Gasteiger partial charge in [0.25, 0.3) is 0 Å². The minimum absolute atomic E-state index is 0.331. The zero-order valence-electron chi connectivity index (χ0n) is 14.8. The molecule has 0 amide bonds. The third-order valence-electron chi connectivity index (χ3n) is 4.88. The van der Waals surface area contributed by atoms with Crippen LogP contribution in [0.25, 0.3) is 0 Å². The highest BCUT2D eigenvalue weighted by molar-refractivity contribution is 5.79. The quantitative estimate of drug-likeness (QED) is 0.389. The Kier molecular flexibility index (Phi) is 9.41. The van der Waals surface area contributed by atoms with Gasteiger partial charge in [-0.1, -0.05) is 32.1 Å². The first-order chi connectivity index (χ1) is 11.4. The topological polar surface area (TPSA) is 54.9 Å². The van der Waals surface area contributed by atoms with Crippen LogP contribution in [0.5, 0.6) is 0 Å². The zero-order chi connectivity index (χ0) is 16.2. The Hall–Kier alpha value is -0.810. The molecule has 0 aromatic heterocycles. The van der Waals surface area contributed by atoms with Crippen LogP contribution in [-0.2, 0) is 9.47 Å². The van der Waals surface area contributed by atoms with Gasteiger partial charge in [-0.2, -0.15) is 0 Å². The molecule has 2 rings (SSSR count). The van der Waals surface area contributed by atoms with Crippen molar-refractivity contribution in [1.82, 2.24) is 10.6 Å². The van der Waals surface area contributed by atoms with Gasteiger partial charge in [0.05, 0.1) is 12.7 Å². The van der Waals surface area contributed by atoms with Crippen LogP contribution in [0.2, 0.25) is 0 Å². The first-order valence-corrected chi connectivity index (χ1v) is 9.52. The molecule has 0 radical (unpaired) electrons. The summed E-state index contributed by atoms with van der Waals surface area (Å²) in [5, 5.41) is 6.79. The number of rotatable bonds is 9. The van der Waals surface area contributed by atoms with Crippen LogP contribution in [0.4, 0.5) is 0 Å². The van der Waals surface area contributed by atoms with Gasteiger partial charge in [0, 0.05) is 33.4 Å². The van der Waals surface area contributed by atoms with E-state index in [0.29, 0.717) is 6.10 Å². The summed E-state index contributed by atoms with van der Waals surface area (Å²) in [5.74, 6) is 1.83. The smallest absolute Gasteiger partial charge is 0.190 e. The lowest BCUT2D eigenvalue weighted by Crippen LogP contribution is -2.39. The predicted octanol–water partition coefficient (Wildman–Crippen LogP) is 2.71. The summed E-state index contributed by atoms with van der Waals surface area (Å²) in [6.45, 7) is 4.35. The second-order valence-electron chi connectivity index (χ2n) is 6.78. The number of nitrogens with zero attached hydrogens (tertiary/aromatic N) is 1. The van der Waals surface area contributed by atoms with Gasteiger partial charge in [0.2, 0.25) is 0 Å². The van der Waals surface area contributed by atoms with E-state index in [2.05, 4.69) is 15.6 Å². The third-order valence-corrected chi connectivity index (χ3v) is 4.88. The predicted molar refractivity (Wildman–Crippen MR) is 95.0 cm³/mol. The molecule has 5 heteroatoms. The monoisotopic (exact) mass is 325 g/mol. The average Bonchev–Trinajstić information content (AvgIpc) is 3.10. The van der Waals surface area contributed by atoms with E-state index in [1.165, 1.54) is 44.9 Å². The Morgan fingerprint density at radius 3 is 2.65 bits per heavy atom. The van der Waals surface area contributed by atoms with Crippen LogP contribution in [0.1, 0.15) is 57.8 Å². The molecule has 0 bridgehead atoms. The first kappa shape index (κ1) is 18.5. The van der Waals surface area contributed by atoms with Crippen molar-refractivity contribution in [2.24, 2.45) is 10.9 Å². The molecule has 2 aliphatic rings. The van der Waals surface area contributed by atoms with Gasteiger partial charge in [-0.15, -0.1) is 0 Å². The van der Waals surface area contributed by atoms with E-state index in [4.69, 9.17) is 9.47 Å². The van der Waals surface area contributed by atoms with Gasteiger partial charge in [-0.25, -0.2) is 0 Å². The molecule has 23 heavy (non-hydrogen) atoms. The van der Waals surface area contributed by atoms with Gasteiger partial charge in [-0.3, -0.25) is 4.99 Å². The molecule has 5 nitrogen and oxygen atoms in total. The van der Waals surface area contributed by atoms with Crippen molar-refractivity contribution >= 4 is 5.96 Å². The van der Waals surface area contributed by atoms with Crippen LogP contribution < -0.4 is 10.6 Å². The second kappa shape index (κ2) is 11.7. The Balaban J connectivity index is 1.42. The maximum atomic E-state index is 5.67. The van der Waals surface area contributed by atoms with E-state index in [9.17, 15) is 0 Å². The number of guanidine groups is 1. The zero-order valence-corrected chi connectivity index (χ0v) is 14.8. The number of ether oxygens (including phenoxy) is 2. The molecule has 0 spiro atoms. The largest absolute Gasteiger partial charge is 0.379 e. The molecule has 134 valence electrons. The Morgan fingerprint density at radius 2 is 1.91 bits per heavy atom. The number of nitrogens with one attached hydrogen (secondary N) is 2. The van der Waals surface area contributed by atoms with E-state index in [-0.39, 0.29) is 0 Å². The normalized spacial score (nSPS) is 23.2. The van der Waals surface area contributed by atoms with Crippen molar-refractivity contribution < 1.29 is 9.47 Å². The molecule has 1 saturated heterocycles. The molecule has 1 unspecified atom stereocenters. The van der Waals surface area contributed by atoms with E-state index in [1.54, 1.807) is 0 Å². The highest BCUT2D eigenvalue weighted by Gasteiger charge is 2.15. The van der Waals surface area contributed by atoms with Crippen molar-refractivity contribution in [1.29, 1.82) is 0 Å². The van der Waals surface area contributed by atoms with Crippen LogP contribution in [-0.4, -0.2) is 52.0 Å². The average molecular weight is 325 g/mol. The standard InChI is InChI=1S/C18H35N3O2/c1-19-18(21-12-10-16-7-3-2-4-8-16)20-11-6-13-22-15-17-9-5-14-23-17/h16-17H,2-15H2,1H3,(H2,19,20,21). The van der Waals surface area contributed by atoms with Gasteiger partial charge in [-0.05, 0) is 31.6 Å². The fraction of sp³-hybridized carbons (Fsp3) is 0.944. The lowest BCUT2D eigenvalue weighted by molar-refractivity contribution is 0.0168. The summed E-state index contributed by atoms with van der Waals surface area (Å²) in [4.78, 5) is 4.29. The molecular formula is C18H35N3O2. The summed E-state index contributed by atoms with van der Waals surface area (Å²) in [7, 11) is 1.84. The first-order valence-electron chi connectivity index (χ1n) is 9.52. The fourth-order valence-electron chi connectivity index (χ4n) is 3.46. The molecule has 2 fully saturated rings.